The zero-order valence-corrected chi connectivity index (χ0v) is 17.3. The molecule has 0 saturated heterocycles. The molecule has 0 unspecified atom stereocenters. The first-order chi connectivity index (χ1) is 12.0. The number of nitrogens with one attached hydrogen (secondary N) is 1. The molecule has 0 aliphatic rings. The predicted molar refractivity (Wildman–Crippen MR) is 107 cm³/mol. The molecule has 0 aliphatic heterocycles. The van der Waals surface area contributed by atoms with E-state index in [-0.39, 0.29) is 17.9 Å². The second-order valence-corrected chi connectivity index (χ2v) is 6.62. The third-order valence-corrected chi connectivity index (χ3v) is 3.00. The van der Waals surface area contributed by atoms with E-state index in [1.165, 1.54) is 0 Å². The first kappa shape index (κ1) is 27.6. The Labute approximate surface area is 173 Å². The molecule has 0 amide bonds. The van der Waals surface area contributed by atoms with Crippen LogP contribution >= 0.6 is 35.6 Å². The van der Waals surface area contributed by atoms with Gasteiger partial charge in [0.15, 0.2) is 0 Å². The molecular weight excluding hydrogens is 421 g/mol. The van der Waals surface area contributed by atoms with Gasteiger partial charge in [-0.05, 0) is 62.2 Å². The van der Waals surface area contributed by atoms with E-state index in [1.54, 1.807) is 24.3 Å². The summed E-state index contributed by atoms with van der Waals surface area (Å²) in [7, 11) is 0. The van der Waals surface area contributed by atoms with Crippen molar-refractivity contribution in [2.24, 2.45) is 5.84 Å². The Balaban J connectivity index is 0. The van der Waals surface area contributed by atoms with E-state index in [9.17, 15) is 18.4 Å². The van der Waals surface area contributed by atoms with Crippen LogP contribution in [0.5, 0.6) is 0 Å². The number of halogens is 5. The van der Waals surface area contributed by atoms with Crippen molar-refractivity contribution in [3.8, 4) is 0 Å². The van der Waals surface area contributed by atoms with Gasteiger partial charge in [0.25, 0.3) is 10.5 Å². The summed E-state index contributed by atoms with van der Waals surface area (Å²) in [6.45, 7) is 6.02. The van der Waals surface area contributed by atoms with E-state index in [0.717, 1.165) is 18.2 Å². The number of benzene rings is 2. The Hall–Kier alpha value is -1.57. The summed E-state index contributed by atoms with van der Waals surface area (Å²) in [6.07, 6.45) is 0. The third-order valence-electron chi connectivity index (χ3n) is 2.57. The highest BCUT2D eigenvalue weighted by atomic mass is 35.5. The molecule has 0 aliphatic carbocycles. The van der Waals surface area contributed by atoms with Gasteiger partial charge in [0.1, 0.15) is 11.6 Å². The number of rotatable bonds is 2. The number of hydrogen-bond donors (Lipinski definition) is 2. The lowest BCUT2D eigenvalue weighted by molar-refractivity contribution is 0.107. The standard InChI is InChI=1S/C7H3ClF2O.C7H5ClO.C4H12N2.ClH/c8-7(11)5-3-4(9)1-2-6(5)10;8-7(9)6-4-2-1-3-5-6;1-4(2,3)6-5;/h1-3H;1-5H;6H,5H2,1-3H3;1H. The zero-order valence-electron chi connectivity index (χ0n) is 14.9. The summed E-state index contributed by atoms with van der Waals surface area (Å²) in [5, 5.41) is -1.40. The summed E-state index contributed by atoms with van der Waals surface area (Å²) in [5.41, 5.74) is 2.78. The highest BCUT2D eigenvalue weighted by Gasteiger charge is 2.09. The van der Waals surface area contributed by atoms with E-state index in [1.807, 2.05) is 26.8 Å². The molecular formula is C18H21Cl3F2N2O2. The SMILES string of the molecule is CC(C)(C)NN.Cl.O=C(Cl)c1cc(F)ccc1F.O=C(Cl)c1ccccc1. The highest BCUT2D eigenvalue weighted by molar-refractivity contribution is 6.68. The van der Waals surface area contributed by atoms with Gasteiger partial charge in [0, 0.05) is 11.1 Å². The van der Waals surface area contributed by atoms with Gasteiger partial charge in [0.05, 0.1) is 5.56 Å². The number of hydrazine groups is 1. The van der Waals surface area contributed by atoms with E-state index in [2.05, 4.69) is 5.43 Å². The molecule has 0 radical (unpaired) electrons. The van der Waals surface area contributed by atoms with Crippen LogP contribution in [0.25, 0.3) is 0 Å². The predicted octanol–water partition coefficient (Wildman–Crippen LogP) is 5.08. The number of hydrogen-bond acceptors (Lipinski definition) is 4. The highest BCUT2D eigenvalue weighted by Crippen LogP contribution is 2.11. The van der Waals surface area contributed by atoms with Gasteiger partial charge in [-0.25, -0.2) is 8.78 Å². The fraction of sp³-hybridized carbons (Fsp3) is 0.222. The third kappa shape index (κ3) is 13.3. The topological polar surface area (TPSA) is 72.2 Å². The maximum atomic E-state index is 12.5. The van der Waals surface area contributed by atoms with Crippen LogP contribution in [0.1, 0.15) is 41.5 Å². The van der Waals surface area contributed by atoms with Gasteiger partial charge in [-0.15, -0.1) is 12.4 Å². The zero-order chi connectivity index (χ0) is 20.3. The Bertz CT molecular complexity index is 724. The van der Waals surface area contributed by atoms with Gasteiger partial charge >= 0.3 is 0 Å². The summed E-state index contributed by atoms with van der Waals surface area (Å²) in [5.74, 6) is 3.56. The van der Waals surface area contributed by atoms with Gasteiger partial charge in [0.2, 0.25) is 0 Å². The largest absolute Gasteiger partial charge is 0.276 e. The minimum absolute atomic E-state index is 0. The lowest BCUT2D eigenvalue weighted by Gasteiger charge is -2.14. The molecule has 0 fully saturated rings. The molecule has 2 aromatic rings. The summed E-state index contributed by atoms with van der Waals surface area (Å²) < 4.78 is 24.9. The van der Waals surface area contributed by atoms with Crippen LogP contribution < -0.4 is 11.3 Å². The van der Waals surface area contributed by atoms with Crippen molar-refractivity contribution in [3.05, 3.63) is 71.3 Å². The lowest BCUT2D eigenvalue weighted by atomic mass is 10.1. The maximum Gasteiger partial charge on any atom is 0.255 e. The van der Waals surface area contributed by atoms with Gasteiger partial charge < -0.3 is 0 Å². The second-order valence-electron chi connectivity index (χ2n) is 5.93. The van der Waals surface area contributed by atoms with Crippen molar-refractivity contribution in [3.63, 3.8) is 0 Å². The van der Waals surface area contributed by atoms with E-state index >= 15 is 0 Å². The summed E-state index contributed by atoms with van der Waals surface area (Å²) in [6, 6.07) is 11.3. The first-order valence-corrected chi connectivity index (χ1v) is 8.11. The molecule has 4 nitrogen and oxygen atoms in total. The van der Waals surface area contributed by atoms with Crippen LogP contribution in [0.4, 0.5) is 8.78 Å². The van der Waals surface area contributed by atoms with Crippen molar-refractivity contribution in [1.82, 2.24) is 5.43 Å². The van der Waals surface area contributed by atoms with Gasteiger partial charge in [-0.1, -0.05) is 30.3 Å². The Morgan fingerprint density at radius 1 is 0.963 bits per heavy atom. The first-order valence-electron chi connectivity index (χ1n) is 7.35. The smallest absolute Gasteiger partial charge is 0.255 e. The molecule has 0 saturated carbocycles. The average Bonchev–Trinajstić information content (AvgIpc) is 2.58. The fourth-order valence-electron chi connectivity index (χ4n) is 1.22. The van der Waals surface area contributed by atoms with E-state index in [4.69, 9.17) is 29.0 Å². The summed E-state index contributed by atoms with van der Waals surface area (Å²) >= 11 is 10.1. The molecule has 0 spiro atoms. The Morgan fingerprint density at radius 2 is 1.44 bits per heavy atom. The van der Waals surface area contributed by atoms with Crippen molar-refractivity contribution in [1.29, 1.82) is 0 Å². The van der Waals surface area contributed by atoms with Crippen molar-refractivity contribution >= 4 is 46.1 Å². The van der Waals surface area contributed by atoms with Gasteiger partial charge in [-0.2, -0.15) is 0 Å². The average molecular weight is 442 g/mol. The molecule has 9 heteroatoms. The molecule has 2 rings (SSSR count). The van der Waals surface area contributed by atoms with Crippen molar-refractivity contribution < 1.29 is 18.4 Å². The van der Waals surface area contributed by atoms with Crippen LogP contribution in [0.15, 0.2) is 48.5 Å². The van der Waals surface area contributed by atoms with Crippen LogP contribution in [-0.4, -0.2) is 16.0 Å². The molecule has 0 atom stereocenters. The monoisotopic (exact) mass is 440 g/mol. The van der Waals surface area contributed by atoms with Crippen LogP contribution in [0, 0.1) is 11.6 Å². The second kappa shape index (κ2) is 13.6. The molecule has 150 valence electrons. The maximum absolute atomic E-state index is 12.5. The van der Waals surface area contributed by atoms with Crippen LogP contribution in [0.3, 0.4) is 0 Å². The number of carbonyl (C=O) groups is 2. The van der Waals surface area contributed by atoms with Crippen LogP contribution in [-0.2, 0) is 0 Å². The minimum atomic E-state index is -0.998. The van der Waals surface area contributed by atoms with Crippen LogP contribution in [0.2, 0.25) is 0 Å². The molecule has 3 N–H and O–H groups in total. The fourth-order valence-corrected chi connectivity index (χ4v) is 1.49. The normalized spacial score (nSPS) is 9.63. The molecule has 2 aromatic carbocycles. The molecule has 27 heavy (non-hydrogen) atoms. The molecule has 0 heterocycles. The minimum Gasteiger partial charge on any atom is -0.276 e. The van der Waals surface area contributed by atoms with Gasteiger partial charge in [-0.3, -0.25) is 20.9 Å². The van der Waals surface area contributed by atoms with E-state index in [0.29, 0.717) is 5.56 Å². The number of carbonyl (C=O) groups excluding carboxylic acids is 2. The van der Waals surface area contributed by atoms with Crippen molar-refractivity contribution in [2.45, 2.75) is 26.3 Å². The van der Waals surface area contributed by atoms with E-state index < -0.39 is 27.7 Å². The lowest BCUT2D eigenvalue weighted by Crippen LogP contribution is -2.41. The molecule has 0 aromatic heterocycles. The summed E-state index contributed by atoms with van der Waals surface area (Å²) in [4.78, 5) is 20.8. The van der Waals surface area contributed by atoms with Crippen molar-refractivity contribution in [2.75, 3.05) is 0 Å². The Kier molecular flexibility index (Phi) is 13.9. The quantitative estimate of drug-likeness (QED) is 0.387. The number of nitrogens with two attached hydrogens (primary N) is 1. The Morgan fingerprint density at radius 3 is 1.74 bits per heavy atom. The molecule has 0 bridgehead atoms.